The van der Waals surface area contributed by atoms with Crippen molar-refractivity contribution in [2.45, 2.75) is 12.5 Å². The Balaban J connectivity index is 2.34. The van der Waals surface area contributed by atoms with E-state index in [4.69, 9.17) is 16.3 Å². The maximum Gasteiger partial charge on any atom is 0.104 e. The Morgan fingerprint density at radius 1 is 1.71 bits per heavy atom. The molecule has 2 nitrogen and oxygen atoms in total. The lowest BCUT2D eigenvalue weighted by atomic mass is 10.1. The van der Waals surface area contributed by atoms with Crippen LogP contribution in [0, 0.1) is 0 Å². The number of fused-ring (bicyclic) bond motifs is 1. The first-order valence-corrected chi connectivity index (χ1v) is 6.45. The van der Waals surface area contributed by atoms with Gasteiger partial charge in [0.25, 0.3) is 0 Å². The molecule has 0 saturated heterocycles. The van der Waals surface area contributed by atoms with Gasteiger partial charge >= 0.3 is 0 Å². The number of thiophene rings is 1. The second-order valence-electron chi connectivity index (χ2n) is 3.20. The number of ether oxygens (including phenoxy) is 1. The van der Waals surface area contributed by atoms with Crippen LogP contribution in [0.4, 0.5) is 0 Å². The van der Waals surface area contributed by atoms with Crippen molar-refractivity contribution in [2.75, 3.05) is 20.2 Å². The van der Waals surface area contributed by atoms with Gasteiger partial charge in [0.05, 0.1) is 15.4 Å². The fourth-order valence-corrected chi connectivity index (χ4v) is 3.79. The molecule has 0 unspecified atom stereocenters. The largest absolute Gasteiger partial charge is 0.371 e. The van der Waals surface area contributed by atoms with Gasteiger partial charge in [0.2, 0.25) is 0 Å². The highest BCUT2D eigenvalue weighted by molar-refractivity contribution is 9.11. The van der Waals surface area contributed by atoms with Gasteiger partial charge in [0.15, 0.2) is 0 Å². The minimum atomic E-state index is 0.164. The lowest BCUT2D eigenvalue weighted by Crippen LogP contribution is -2.23. The molecule has 0 radical (unpaired) electrons. The average Bonchev–Trinajstić information content (AvgIpc) is 2.46. The minimum Gasteiger partial charge on any atom is -0.371 e. The molecular weight excluding hydrogens is 286 g/mol. The molecule has 1 aromatic rings. The van der Waals surface area contributed by atoms with Crippen molar-refractivity contribution in [2.24, 2.45) is 0 Å². The third-order valence-corrected chi connectivity index (χ3v) is 5.04. The highest BCUT2D eigenvalue weighted by atomic mass is 79.9. The van der Waals surface area contributed by atoms with Gasteiger partial charge in [0, 0.05) is 11.4 Å². The number of rotatable bonds is 2. The lowest BCUT2D eigenvalue weighted by Gasteiger charge is -2.22. The van der Waals surface area contributed by atoms with Gasteiger partial charge in [-0.1, -0.05) is 11.6 Å². The third kappa shape index (κ3) is 1.86. The summed E-state index contributed by atoms with van der Waals surface area (Å²) in [4.78, 5) is 1.27. The summed E-state index contributed by atoms with van der Waals surface area (Å²) in [5.41, 5.74) is 1.26. The highest BCUT2D eigenvalue weighted by Crippen LogP contribution is 2.43. The van der Waals surface area contributed by atoms with Crippen LogP contribution in [0.5, 0.6) is 0 Å². The molecule has 0 spiro atoms. The zero-order chi connectivity index (χ0) is 10.1. The van der Waals surface area contributed by atoms with Crippen molar-refractivity contribution in [3.8, 4) is 0 Å². The molecular formula is C9H11BrClNOS. The fourth-order valence-electron chi connectivity index (χ4n) is 1.64. The lowest BCUT2D eigenvalue weighted by molar-refractivity contribution is 0.0469. The molecule has 1 aliphatic rings. The Kier molecular flexibility index (Phi) is 3.50. The smallest absolute Gasteiger partial charge is 0.104 e. The molecule has 0 fully saturated rings. The summed E-state index contributed by atoms with van der Waals surface area (Å²) in [5, 5.41) is 4.00. The first-order chi connectivity index (χ1) is 6.74. The van der Waals surface area contributed by atoms with Crippen LogP contribution in [0.1, 0.15) is 16.5 Å². The van der Waals surface area contributed by atoms with Crippen molar-refractivity contribution in [1.82, 2.24) is 5.32 Å². The normalized spacial score (nSPS) is 20.9. The van der Waals surface area contributed by atoms with E-state index in [1.54, 1.807) is 11.3 Å². The molecule has 1 aliphatic heterocycles. The van der Waals surface area contributed by atoms with Crippen molar-refractivity contribution < 1.29 is 4.74 Å². The Bertz CT molecular complexity index is 342. The predicted molar refractivity (Wildman–Crippen MR) is 63.4 cm³/mol. The highest BCUT2D eigenvalue weighted by Gasteiger charge is 2.26. The van der Waals surface area contributed by atoms with E-state index < -0.39 is 0 Å². The van der Waals surface area contributed by atoms with E-state index in [2.05, 4.69) is 21.2 Å². The van der Waals surface area contributed by atoms with E-state index in [0.29, 0.717) is 0 Å². The number of hydrogen-bond donors (Lipinski definition) is 1. The first kappa shape index (κ1) is 10.9. The topological polar surface area (TPSA) is 21.3 Å². The van der Waals surface area contributed by atoms with E-state index >= 15 is 0 Å². The van der Waals surface area contributed by atoms with Crippen LogP contribution in [0.3, 0.4) is 0 Å². The molecule has 0 amide bonds. The molecule has 0 saturated carbocycles. The maximum absolute atomic E-state index is 6.18. The van der Waals surface area contributed by atoms with Crippen molar-refractivity contribution in [3.05, 3.63) is 19.2 Å². The number of likely N-dealkylation sites (N-methyl/N-ethyl adjacent to an activating group) is 1. The van der Waals surface area contributed by atoms with Crippen LogP contribution < -0.4 is 5.32 Å². The van der Waals surface area contributed by atoms with Crippen LogP contribution in [0.25, 0.3) is 0 Å². The molecule has 14 heavy (non-hydrogen) atoms. The zero-order valence-electron chi connectivity index (χ0n) is 7.77. The molecule has 1 N–H and O–H groups in total. The predicted octanol–water partition coefficient (Wildman–Crippen LogP) is 3.00. The minimum absolute atomic E-state index is 0.164. The van der Waals surface area contributed by atoms with Crippen LogP contribution in [-0.4, -0.2) is 20.2 Å². The molecule has 1 atom stereocenters. The summed E-state index contributed by atoms with van der Waals surface area (Å²) in [6, 6.07) is 0. The molecule has 2 rings (SSSR count). The van der Waals surface area contributed by atoms with Crippen molar-refractivity contribution in [1.29, 1.82) is 0 Å². The van der Waals surface area contributed by atoms with Crippen molar-refractivity contribution >= 4 is 38.9 Å². The number of nitrogens with one attached hydrogen (secondary N) is 1. The first-order valence-electron chi connectivity index (χ1n) is 4.46. The fraction of sp³-hybridized carbons (Fsp3) is 0.556. The van der Waals surface area contributed by atoms with Gasteiger partial charge < -0.3 is 10.1 Å². The molecule has 1 aromatic heterocycles. The molecule has 0 aliphatic carbocycles. The van der Waals surface area contributed by atoms with Gasteiger partial charge in [-0.3, -0.25) is 0 Å². The van der Waals surface area contributed by atoms with Gasteiger partial charge in [-0.25, -0.2) is 0 Å². The molecule has 0 bridgehead atoms. The van der Waals surface area contributed by atoms with E-state index in [1.807, 2.05) is 7.05 Å². The Hall–Kier alpha value is 0.390. The summed E-state index contributed by atoms with van der Waals surface area (Å²) < 4.78 is 6.71. The average molecular weight is 297 g/mol. The van der Waals surface area contributed by atoms with E-state index in [0.717, 1.165) is 28.4 Å². The number of hydrogen-bond acceptors (Lipinski definition) is 3. The van der Waals surface area contributed by atoms with Gasteiger partial charge in [-0.05, 0) is 35.0 Å². The summed E-state index contributed by atoms with van der Waals surface area (Å²) in [5.74, 6) is 0. The van der Waals surface area contributed by atoms with Gasteiger partial charge in [-0.15, -0.1) is 11.3 Å². The monoisotopic (exact) mass is 295 g/mol. The second kappa shape index (κ2) is 4.49. The van der Waals surface area contributed by atoms with Crippen molar-refractivity contribution in [3.63, 3.8) is 0 Å². The summed E-state index contributed by atoms with van der Waals surface area (Å²) in [7, 11) is 1.93. The van der Waals surface area contributed by atoms with Crippen LogP contribution in [0.2, 0.25) is 5.02 Å². The Morgan fingerprint density at radius 2 is 2.50 bits per heavy atom. The van der Waals surface area contributed by atoms with Crippen LogP contribution >= 0.6 is 38.9 Å². The standard InChI is InChI=1S/C9H11BrClNOS/c1-12-4-6-8-5(2-3-13-6)7(11)9(10)14-8/h6,12H,2-4H2,1H3/t6-/m0/s1. The van der Waals surface area contributed by atoms with Gasteiger partial charge in [-0.2, -0.15) is 0 Å². The summed E-state index contributed by atoms with van der Waals surface area (Å²) in [6.07, 6.45) is 1.09. The van der Waals surface area contributed by atoms with Crippen LogP contribution in [0.15, 0.2) is 3.79 Å². The summed E-state index contributed by atoms with van der Waals surface area (Å²) in [6.45, 7) is 1.61. The zero-order valence-corrected chi connectivity index (χ0v) is 10.9. The molecule has 5 heteroatoms. The molecule has 78 valence electrons. The Labute approximate surface area is 101 Å². The molecule has 2 heterocycles. The van der Waals surface area contributed by atoms with Crippen LogP contribution in [-0.2, 0) is 11.2 Å². The van der Waals surface area contributed by atoms with E-state index in [-0.39, 0.29) is 6.10 Å². The summed E-state index contributed by atoms with van der Waals surface area (Å²) >= 11 is 11.3. The van der Waals surface area contributed by atoms with Gasteiger partial charge in [0.1, 0.15) is 6.10 Å². The molecule has 0 aromatic carbocycles. The second-order valence-corrected chi connectivity index (χ2v) is 5.95. The number of halogens is 2. The Morgan fingerprint density at radius 3 is 3.21 bits per heavy atom. The maximum atomic E-state index is 6.18. The van der Waals surface area contributed by atoms with E-state index in [9.17, 15) is 0 Å². The SMILES string of the molecule is CNC[C@@H]1OCCc2c1sc(Br)c2Cl. The van der Waals surface area contributed by atoms with E-state index in [1.165, 1.54) is 10.4 Å². The third-order valence-electron chi connectivity index (χ3n) is 2.29. The quantitative estimate of drug-likeness (QED) is 0.906.